The Morgan fingerprint density at radius 3 is 2.45 bits per heavy atom. The molecule has 1 amide bonds. The Balaban J connectivity index is 2.03. The van der Waals surface area contributed by atoms with Crippen molar-refractivity contribution in [1.82, 2.24) is 0 Å². The van der Waals surface area contributed by atoms with Gasteiger partial charge in [0, 0.05) is 0 Å². The van der Waals surface area contributed by atoms with Crippen molar-refractivity contribution in [1.29, 1.82) is 0 Å². The van der Waals surface area contributed by atoms with Crippen LogP contribution in [0.15, 0.2) is 42.5 Å². The second-order valence-electron chi connectivity index (χ2n) is 4.32. The Morgan fingerprint density at radius 2 is 1.82 bits per heavy atom. The molecule has 6 nitrogen and oxygen atoms in total. The maximum absolute atomic E-state index is 11.7. The van der Waals surface area contributed by atoms with Crippen LogP contribution in [0, 0.1) is 0 Å². The van der Waals surface area contributed by atoms with Crippen molar-refractivity contribution >= 4 is 29.4 Å². The predicted octanol–water partition coefficient (Wildman–Crippen LogP) is 3.49. The molecule has 0 saturated heterocycles. The van der Waals surface area contributed by atoms with Crippen LogP contribution in [0.4, 0.5) is 10.5 Å². The van der Waals surface area contributed by atoms with Crippen LogP contribution < -0.4 is 5.32 Å². The zero-order chi connectivity index (χ0) is 16.1. The molecule has 2 rings (SSSR count). The average molecular weight is 322 g/mol. The lowest BCUT2D eigenvalue weighted by molar-refractivity contribution is 0.0693. The zero-order valence-corrected chi connectivity index (χ0v) is 12.0. The minimum Gasteiger partial charge on any atom is -0.505 e. The molecule has 0 bridgehead atoms. The number of nitrogens with one attached hydrogen (secondary N) is 1. The molecular weight excluding hydrogens is 310 g/mol. The van der Waals surface area contributed by atoms with Gasteiger partial charge >= 0.3 is 12.1 Å². The number of carboxylic acid groups (broad SMARTS) is 1. The molecule has 3 N–H and O–H groups in total. The number of carboxylic acids is 1. The van der Waals surface area contributed by atoms with Gasteiger partial charge in [0.05, 0.1) is 5.69 Å². The first kappa shape index (κ1) is 15.7. The number of aromatic carboxylic acids is 1. The lowest BCUT2D eigenvalue weighted by atomic mass is 10.2. The Kier molecular flexibility index (Phi) is 4.85. The number of benzene rings is 2. The van der Waals surface area contributed by atoms with Crippen LogP contribution in [0.1, 0.15) is 15.9 Å². The number of carbonyl (C=O) groups is 2. The molecule has 0 saturated carbocycles. The molecule has 0 radical (unpaired) electrons. The van der Waals surface area contributed by atoms with Crippen molar-refractivity contribution in [3.63, 3.8) is 0 Å². The van der Waals surface area contributed by atoms with Gasteiger partial charge in [0.25, 0.3) is 0 Å². The highest BCUT2D eigenvalue weighted by Gasteiger charge is 2.17. The van der Waals surface area contributed by atoms with E-state index in [4.69, 9.17) is 21.4 Å². The highest BCUT2D eigenvalue weighted by atomic mass is 35.5. The highest BCUT2D eigenvalue weighted by molar-refractivity contribution is 6.35. The molecule has 2 aromatic carbocycles. The van der Waals surface area contributed by atoms with Crippen LogP contribution in [0.5, 0.6) is 5.75 Å². The lowest BCUT2D eigenvalue weighted by Gasteiger charge is -2.10. The van der Waals surface area contributed by atoms with E-state index in [2.05, 4.69) is 5.32 Å². The number of phenols is 1. The molecule has 0 aliphatic heterocycles. The summed E-state index contributed by atoms with van der Waals surface area (Å²) >= 11 is 5.82. The Bertz CT molecular complexity index is 703. The van der Waals surface area contributed by atoms with Gasteiger partial charge in [-0.1, -0.05) is 41.9 Å². The first-order valence-corrected chi connectivity index (χ1v) is 6.59. The van der Waals surface area contributed by atoms with Crippen molar-refractivity contribution in [3.8, 4) is 5.75 Å². The van der Waals surface area contributed by atoms with Gasteiger partial charge in [-0.3, -0.25) is 5.32 Å². The molecule has 0 aromatic heterocycles. The fourth-order valence-corrected chi connectivity index (χ4v) is 1.91. The fraction of sp³-hybridized carbons (Fsp3) is 0.0667. The van der Waals surface area contributed by atoms with Crippen molar-refractivity contribution in [2.24, 2.45) is 0 Å². The Labute approximate surface area is 130 Å². The number of anilines is 1. The highest BCUT2D eigenvalue weighted by Crippen LogP contribution is 2.34. The second kappa shape index (κ2) is 6.82. The molecule has 0 atom stereocenters. The van der Waals surface area contributed by atoms with E-state index < -0.39 is 17.8 Å². The molecule has 7 heteroatoms. The smallest absolute Gasteiger partial charge is 0.412 e. The van der Waals surface area contributed by atoms with Gasteiger partial charge < -0.3 is 14.9 Å². The van der Waals surface area contributed by atoms with Crippen LogP contribution in [0.25, 0.3) is 0 Å². The number of hydrogen-bond acceptors (Lipinski definition) is 4. The normalized spacial score (nSPS) is 10.0. The maximum Gasteiger partial charge on any atom is 0.412 e. The van der Waals surface area contributed by atoms with Gasteiger partial charge in [-0.15, -0.1) is 0 Å². The first-order valence-electron chi connectivity index (χ1n) is 6.21. The van der Waals surface area contributed by atoms with E-state index in [9.17, 15) is 14.7 Å². The van der Waals surface area contributed by atoms with Gasteiger partial charge in [-0.2, -0.15) is 0 Å². The zero-order valence-electron chi connectivity index (χ0n) is 11.2. The Morgan fingerprint density at radius 1 is 1.14 bits per heavy atom. The van der Waals surface area contributed by atoms with E-state index in [0.29, 0.717) is 0 Å². The summed E-state index contributed by atoms with van der Waals surface area (Å²) in [4.78, 5) is 22.5. The number of halogens is 1. The largest absolute Gasteiger partial charge is 0.505 e. The van der Waals surface area contributed by atoms with Crippen molar-refractivity contribution in [3.05, 3.63) is 58.6 Å². The van der Waals surface area contributed by atoms with Crippen molar-refractivity contribution in [2.45, 2.75) is 6.61 Å². The lowest BCUT2D eigenvalue weighted by Crippen LogP contribution is -2.14. The molecule has 114 valence electrons. The molecule has 0 aliphatic rings. The van der Waals surface area contributed by atoms with Crippen molar-refractivity contribution in [2.75, 3.05) is 5.32 Å². The van der Waals surface area contributed by atoms with E-state index >= 15 is 0 Å². The van der Waals surface area contributed by atoms with E-state index in [0.717, 1.165) is 11.6 Å². The van der Waals surface area contributed by atoms with Gasteiger partial charge in [0.2, 0.25) is 0 Å². The summed E-state index contributed by atoms with van der Waals surface area (Å²) in [6.07, 6.45) is -0.770. The predicted molar refractivity (Wildman–Crippen MR) is 80.3 cm³/mol. The minimum absolute atomic E-state index is 0.0576. The SMILES string of the molecule is O=C(Nc1ccc(C(=O)O)c(O)c1Cl)OCc1ccccc1. The monoisotopic (exact) mass is 321 g/mol. The molecule has 0 fully saturated rings. The molecular formula is C15H12ClNO5. The summed E-state index contributed by atoms with van der Waals surface area (Å²) in [5, 5.41) is 20.6. The molecule has 0 spiro atoms. The van der Waals surface area contributed by atoms with Crippen molar-refractivity contribution < 1.29 is 24.5 Å². The van der Waals surface area contributed by atoms with Crippen LogP contribution in [-0.4, -0.2) is 22.3 Å². The van der Waals surface area contributed by atoms with Crippen LogP contribution in [0.2, 0.25) is 5.02 Å². The Hall–Kier alpha value is -2.73. The number of ether oxygens (including phenoxy) is 1. The number of aromatic hydroxyl groups is 1. The van der Waals surface area contributed by atoms with Crippen LogP contribution >= 0.6 is 11.6 Å². The van der Waals surface area contributed by atoms with E-state index in [-0.39, 0.29) is 22.9 Å². The van der Waals surface area contributed by atoms with Gasteiger partial charge in [-0.05, 0) is 17.7 Å². The summed E-state index contributed by atoms with van der Waals surface area (Å²) < 4.78 is 5.00. The standard InChI is InChI=1S/C15H12ClNO5/c16-12-11(7-6-10(13(12)18)14(19)20)17-15(21)22-8-9-4-2-1-3-5-9/h1-7,18H,8H2,(H,17,21)(H,19,20). The van der Waals surface area contributed by atoms with Crippen LogP contribution in [0.3, 0.4) is 0 Å². The summed E-state index contributed by atoms with van der Waals surface area (Å²) in [5.74, 6) is -1.94. The summed E-state index contributed by atoms with van der Waals surface area (Å²) in [6, 6.07) is 11.5. The number of hydrogen-bond donors (Lipinski definition) is 3. The van der Waals surface area contributed by atoms with Crippen LogP contribution in [-0.2, 0) is 11.3 Å². The molecule has 0 unspecified atom stereocenters. The molecule has 0 heterocycles. The fourth-order valence-electron chi connectivity index (χ4n) is 1.70. The van der Waals surface area contributed by atoms with Gasteiger partial charge in [0.15, 0.2) is 5.75 Å². The van der Waals surface area contributed by atoms with E-state index in [1.165, 1.54) is 6.07 Å². The van der Waals surface area contributed by atoms with Gasteiger partial charge in [-0.25, -0.2) is 9.59 Å². The third-order valence-corrected chi connectivity index (χ3v) is 3.18. The molecule has 0 aliphatic carbocycles. The third-order valence-electron chi connectivity index (χ3n) is 2.80. The maximum atomic E-state index is 11.7. The van der Waals surface area contributed by atoms with E-state index in [1.54, 1.807) is 12.1 Å². The molecule has 22 heavy (non-hydrogen) atoms. The first-order chi connectivity index (χ1) is 10.5. The number of rotatable bonds is 4. The summed E-state index contributed by atoms with van der Waals surface area (Å²) in [5.41, 5.74) is 0.517. The van der Waals surface area contributed by atoms with E-state index in [1.807, 2.05) is 18.2 Å². The average Bonchev–Trinajstić information content (AvgIpc) is 2.50. The summed E-state index contributed by atoms with van der Waals surface area (Å²) in [6.45, 7) is 0.0729. The topological polar surface area (TPSA) is 95.9 Å². The third kappa shape index (κ3) is 3.67. The van der Waals surface area contributed by atoms with Gasteiger partial charge in [0.1, 0.15) is 17.2 Å². The second-order valence-corrected chi connectivity index (χ2v) is 4.69. The summed E-state index contributed by atoms with van der Waals surface area (Å²) in [7, 11) is 0. The number of carbonyl (C=O) groups excluding carboxylic acids is 1. The minimum atomic E-state index is -1.32. The quantitative estimate of drug-likeness (QED) is 0.801. The molecule has 2 aromatic rings. The number of amides is 1.